The summed E-state index contributed by atoms with van der Waals surface area (Å²) >= 11 is 0. The van der Waals surface area contributed by atoms with Gasteiger partial charge in [-0.3, -0.25) is 4.79 Å². The average molecular weight is 297 g/mol. The van der Waals surface area contributed by atoms with Gasteiger partial charge in [-0.2, -0.15) is 0 Å². The summed E-state index contributed by atoms with van der Waals surface area (Å²) in [4.78, 5) is 23.8. The highest BCUT2D eigenvalue weighted by molar-refractivity contribution is 5.97. The minimum absolute atomic E-state index is 0.0537. The lowest BCUT2D eigenvalue weighted by molar-refractivity contribution is -0.144. The first kappa shape index (κ1) is 16.9. The Bertz CT molecular complexity index is 518. The second-order valence-corrected chi connectivity index (χ2v) is 4.71. The van der Waals surface area contributed by atoms with Crippen molar-refractivity contribution >= 4 is 11.9 Å². The first-order valence-electron chi connectivity index (χ1n) is 6.66. The van der Waals surface area contributed by atoms with Gasteiger partial charge in [-0.25, -0.2) is 9.18 Å². The van der Waals surface area contributed by atoms with E-state index in [1.54, 1.807) is 0 Å². The van der Waals surface area contributed by atoms with Crippen molar-refractivity contribution in [2.24, 2.45) is 5.92 Å². The van der Waals surface area contributed by atoms with Gasteiger partial charge < -0.3 is 14.8 Å². The van der Waals surface area contributed by atoms with E-state index in [4.69, 9.17) is 4.74 Å². The molecule has 0 aliphatic heterocycles. The lowest BCUT2D eigenvalue weighted by Crippen LogP contribution is -2.45. The molecule has 0 aromatic heterocycles. The smallest absolute Gasteiger partial charge is 0.328 e. The molecule has 0 aliphatic rings. The molecule has 5 nitrogen and oxygen atoms in total. The maximum absolute atomic E-state index is 13.6. The van der Waals surface area contributed by atoms with E-state index in [0.29, 0.717) is 6.42 Å². The van der Waals surface area contributed by atoms with Gasteiger partial charge in [0.25, 0.3) is 5.91 Å². The van der Waals surface area contributed by atoms with Crippen molar-refractivity contribution in [1.29, 1.82) is 0 Å². The topological polar surface area (TPSA) is 64.6 Å². The van der Waals surface area contributed by atoms with Crippen LogP contribution in [0.3, 0.4) is 0 Å². The number of amides is 1. The molecule has 116 valence electrons. The van der Waals surface area contributed by atoms with E-state index in [9.17, 15) is 14.0 Å². The van der Waals surface area contributed by atoms with Crippen LogP contribution >= 0.6 is 0 Å². The van der Waals surface area contributed by atoms with Crippen molar-refractivity contribution in [2.45, 2.75) is 26.3 Å². The summed E-state index contributed by atoms with van der Waals surface area (Å²) in [5.41, 5.74) is 0.116. The Balaban J connectivity index is 2.91. The van der Waals surface area contributed by atoms with Crippen LogP contribution in [0.25, 0.3) is 0 Å². The molecular formula is C15H20FNO4. The molecule has 2 unspecified atom stereocenters. The summed E-state index contributed by atoms with van der Waals surface area (Å²) in [6.07, 6.45) is 0.691. The van der Waals surface area contributed by atoms with Crippen molar-refractivity contribution < 1.29 is 23.5 Å². The molecule has 0 saturated heterocycles. The van der Waals surface area contributed by atoms with Gasteiger partial charge in [-0.1, -0.05) is 20.3 Å². The van der Waals surface area contributed by atoms with Crippen LogP contribution in [0.4, 0.5) is 4.39 Å². The molecule has 2 atom stereocenters. The highest BCUT2D eigenvalue weighted by Gasteiger charge is 2.27. The van der Waals surface area contributed by atoms with Crippen LogP contribution in [0.2, 0.25) is 0 Å². The number of rotatable bonds is 6. The third kappa shape index (κ3) is 4.18. The predicted octanol–water partition coefficient (Wildman–Crippen LogP) is 2.15. The number of nitrogens with one attached hydrogen (secondary N) is 1. The molecule has 0 spiro atoms. The Morgan fingerprint density at radius 1 is 1.33 bits per heavy atom. The van der Waals surface area contributed by atoms with Gasteiger partial charge in [0.15, 0.2) is 11.6 Å². The van der Waals surface area contributed by atoms with E-state index in [2.05, 4.69) is 10.1 Å². The largest absolute Gasteiger partial charge is 0.494 e. The number of esters is 1. The molecule has 0 aliphatic carbocycles. The molecule has 1 amide bonds. The van der Waals surface area contributed by atoms with Crippen LogP contribution in [0.15, 0.2) is 18.2 Å². The molecule has 1 aromatic rings. The fourth-order valence-corrected chi connectivity index (χ4v) is 1.83. The van der Waals surface area contributed by atoms with E-state index in [-0.39, 0.29) is 17.2 Å². The van der Waals surface area contributed by atoms with Gasteiger partial charge in [0.05, 0.1) is 14.2 Å². The number of carbonyl (C=O) groups excluding carboxylic acids is 2. The molecular weight excluding hydrogens is 277 g/mol. The molecule has 0 fully saturated rings. The van der Waals surface area contributed by atoms with Crippen LogP contribution in [0.1, 0.15) is 30.6 Å². The highest BCUT2D eigenvalue weighted by atomic mass is 19.1. The van der Waals surface area contributed by atoms with Gasteiger partial charge >= 0.3 is 5.97 Å². The zero-order valence-electron chi connectivity index (χ0n) is 12.6. The standard InChI is InChI=1S/C15H20FNO4/c1-5-9(2)13(15(19)21-4)17-14(18)10-6-7-12(20-3)11(16)8-10/h6-9,13H,5H2,1-4H3,(H,17,18). The minimum Gasteiger partial charge on any atom is -0.494 e. The summed E-state index contributed by atoms with van der Waals surface area (Å²) in [7, 11) is 2.60. The quantitative estimate of drug-likeness (QED) is 0.817. The van der Waals surface area contributed by atoms with Crippen LogP contribution in [-0.2, 0) is 9.53 Å². The minimum atomic E-state index is -0.766. The number of benzene rings is 1. The molecule has 0 bridgehead atoms. The van der Waals surface area contributed by atoms with Crippen LogP contribution in [0, 0.1) is 11.7 Å². The van der Waals surface area contributed by atoms with E-state index < -0.39 is 23.7 Å². The van der Waals surface area contributed by atoms with Gasteiger partial charge in [0.1, 0.15) is 6.04 Å². The van der Waals surface area contributed by atoms with Gasteiger partial charge in [0.2, 0.25) is 0 Å². The van der Waals surface area contributed by atoms with Crippen LogP contribution in [-0.4, -0.2) is 32.1 Å². The second kappa shape index (κ2) is 7.61. The normalized spacial score (nSPS) is 13.2. The number of halogens is 1. The summed E-state index contributed by atoms with van der Waals surface area (Å²) in [5, 5.41) is 2.58. The SMILES string of the molecule is CCC(C)C(NC(=O)c1ccc(OC)c(F)c1)C(=O)OC. The summed E-state index contributed by atoms with van der Waals surface area (Å²) in [6, 6.07) is 3.10. The zero-order chi connectivity index (χ0) is 16.0. The first-order valence-corrected chi connectivity index (χ1v) is 6.66. The molecule has 1 N–H and O–H groups in total. The first-order chi connectivity index (χ1) is 9.94. The monoisotopic (exact) mass is 297 g/mol. The van der Waals surface area contributed by atoms with Gasteiger partial charge in [-0.05, 0) is 24.1 Å². The Morgan fingerprint density at radius 3 is 2.48 bits per heavy atom. The van der Waals surface area contributed by atoms with Crippen molar-refractivity contribution in [2.75, 3.05) is 14.2 Å². The fraction of sp³-hybridized carbons (Fsp3) is 0.467. The molecule has 21 heavy (non-hydrogen) atoms. The fourth-order valence-electron chi connectivity index (χ4n) is 1.83. The number of hydrogen-bond donors (Lipinski definition) is 1. The number of hydrogen-bond acceptors (Lipinski definition) is 4. The Morgan fingerprint density at radius 2 is 2.00 bits per heavy atom. The predicted molar refractivity (Wildman–Crippen MR) is 75.7 cm³/mol. The highest BCUT2D eigenvalue weighted by Crippen LogP contribution is 2.18. The maximum atomic E-state index is 13.6. The van der Waals surface area contributed by atoms with E-state index >= 15 is 0 Å². The Hall–Kier alpha value is -2.11. The number of methoxy groups -OCH3 is 2. The molecule has 0 radical (unpaired) electrons. The maximum Gasteiger partial charge on any atom is 0.328 e. The van der Waals surface area contributed by atoms with E-state index in [1.807, 2.05) is 13.8 Å². The van der Waals surface area contributed by atoms with Crippen LogP contribution in [0.5, 0.6) is 5.75 Å². The van der Waals surface area contributed by atoms with Gasteiger partial charge in [-0.15, -0.1) is 0 Å². The molecule has 0 saturated carbocycles. The number of carbonyl (C=O) groups is 2. The third-order valence-electron chi connectivity index (χ3n) is 3.37. The van der Waals surface area contributed by atoms with Crippen molar-refractivity contribution in [3.63, 3.8) is 0 Å². The van der Waals surface area contributed by atoms with Crippen molar-refractivity contribution in [3.8, 4) is 5.75 Å². The number of ether oxygens (including phenoxy) is 2. The van der Waals surface area contributed by atoms with Crippen molar-refractivity contribution in [3.05, 3.63) is 29.6 Å². The zero-order valence-corrected chi connectivity index (χ0v) is 12.6. The Labute approximate surface area is 123 Å². The van der Waals surface area contributed by atoms with E-state index in [0.717, 1.165) is 6.07 Å². The molecule has 1 rings (SSSR count). The molecule has 6 heteroatoms. The summed E-state index contributed by atoms with van der Waals surface area (Å²) < 4.78 is 23.1. The van der Waals surface area contributed by atoms with E-state index in [1.165, 1.54) is 26.4 Å². The second-order valence-electron chi connectivity index (χ2n) is 4.71. The molecule has 0 heterocycles. The van der Waals surface area contributed by atoms with Gasteiger partial charge in [0, 0.05) is 5.56 Å². The summed E-state index contributed by atoms with van der Waals surface area (Å²) in [5.74, 6) is -1.73. The Kier molecular flexibility index (Phi) is 6.14. The van der Waals surface area contributed by atoms with Crippen molar-refractivity contribution in [1.82, 2.24) is 5.32 Å². The average Bonchev–Trinajstić information content (AvgIpc) is 2.50. The lowest BCUT2D eigenvalue weighted by Gasteiger charge is -2.21. The summed E-state index contributed by atoms with van der Waals surface area (Å²) in [6.45, 7) is 3.73. The van der Waals surface area contributed by atoms with Crippen LogP contribution < -0.4 is 10.1 Å². The molecule has 1 aromatic carbocycles. The third-order valence-corrected chi connectivity index (χ3v) is 3.37. The lowest BCUT2D eigenvalue weighted by atomic mass is 9.99.